The second-order valence-electron chi connectivity index (χ2n) is 2.41. The summed E-state index contributed by atoms with van der Waals surface area (Å²) in [4.78, 5) is 27.3. The molecular formula is C6H11O6P. The highest BCUT2D eigenvalue weighted by molar-refractivity contribution is 7.52. The molecule has 0 heterocycles. The molecule has 0 aromatic carbocycles. The van der Waals surface area contributed by atoms with E-state index in [9.17, 15) is 9.36 Å². The maximum Gasteiger partial charge on any atom is 0.353 e. The molecule has 0 saturated carbocycles. The molecule has 3 N–H and O–H groups in total. The van der Waals surface area contributed by atoms with Crippen molar-refractivity contribution >= 4 is 13.6 Å². The number of carboxylic acid groups (broad SMARTS) is 1. The first-order valence-electron chi connectivity index (χ1n) is 3.33. The van der Waals surface area contributed by atoms with Crippen molar-refractivity contribution in [3.05, 3.63) is 12.2 Å². The van der Waals surface area contributed by atoms with Gasteiger partial charge < -0.3 is 19.6 Å². The van der Waals surface area contributed by atoms with Gasteiger partial charge in [0.2, 0.25) is 0 Å². The van der Waals surface area contributed by atoms with E-state index in [1.54, 1.807) is 0 Å². The van der Waals surface area contributed by atoms with Crippen LogP contribution in [0, 0.1) is 0 Å². The number of hydrogen-bond donors (Lipinski definition) is 3. The average Bonchev–Trinajstić information content (AvgIpc) is 1.97. The highest BCUT2D eigenvalue weighted by atomic mass is 31.2. The van der Waals surface area contributed by atoms with Crippen molar-refractivity contribution in [2.45, 2.75) is 12.8 Å². The molecule has 1 atom stereocenters. The van der Waals surface area contributed by atoms with Crippen molar-refractivity contribution < 1.29 is 29.0 Å². The molecule has 6 nitrogen and oxygen atoms in total. The minimum Gasteiger partial charge on any atom is -0.478 e. The molecule has 0 saturated heterocycles. The number of rotatable bonds is 5. The van der Waals surface area contributed by atoms with Crippen LogP contribution in [0.25, 0.3) is 0 Å². The Hall–Kier alpha value is -0.680. The smallest absolute Gasteiger partial charge is 0.353 e. The van der Waals surface area contributed by atoms with E-state index in [1.165, 1.54) is 0 Å². The van der Waals surface area contributed by atoms with E-state index in [0.29, 0.717) is 0 Å². The van der Waals surface area contributed by atoms with E-state index >= 15 is 0 Å². The zero-order valence-corrected chi connectivity index (χ0v) is 7.90. The SMILES string of the molecule is C=C(COC(C)P(=O)(O)O)C(=O)O. The van der Waals surface area contributed by atoms with Crippen LogP contribution in [0.15, 0.2) is 12.2 Å². The summed E-state index contributed by atoms with van der Waals surface area (Å²) < 4.78 is 15.1. The highest BCUT2D eigenvalue weighted by Gasteiger charge is 2.25. The number of carboxylic acids is 1. The van der Waals surface area contributed by atoms with Gasteiger partial charge in [-0.1, -0.05) is 6.58 Å². The second-order valence-corrected chi connectivity index (χ2v) is 4.31. The van der Waals surface area contributed by atoms with Crippen LogP contribution in [-0.2, 0) is 14.1 Å². The summed E-state index contributed by atoms with van der Waals surface area (Å²) in [6.45, 7) is 3.89. The molecule has 7 heteroatoms. The first-order valence-corrected chi connectivity index (χ1v) is 5.01. The number of aliphatic carboxylic acids is 1. The van der Waals surface area contributed by atoms with E-state index in [1.807, 2.05) is 0 Å². The van der Waals surface area contributed by atoms with Crippen molar-refractivity contribution in [1.29, 1.82) is 0 Å². The maximum atomic E-state index is 10.5. The zero-order valence-electron chi connectivity index (χ0n) is 7.01. The van der Waals surface area contributed by atoms with Crippen LogP contribution >= 0.6 is 7.60 Å². The summed E-state index contributed by atoms with van der Waals surface area (Å²) >= 11 is 0. The van der Waals surface area contributed by atoms with Crippen LogP contribution in [0.3, 0.4) is 0 Å². The predicted molar refractivity (Wildman–Crippen MR) is 44.2 cm³/mol. The fourth-order valence-electron chi connectivity index (χ4n) is 0.380. The summed E-state index contributed by atoms with van der Waals surface area (Å²) in [7, 11) is -4.30. The topological polar surface area (TPSA) is 104 Å². The fraction of sp³-hybridized carbons (Fsp3) is 0.500. The molecule has 0 radical (unpaired) electrons. The van der Waals surface area contributed by atoms with Gasteiger partial charge in [-0.05, 0) is 6.92 Å². The molecule has 13 heavy (non-hydrogen) atoms. The third kappa shape index (κ3) is 4.80. The van der Waals surface area contributed by atoms with Gasteiger partial charge in [-0.2, -0.15) is 0 Å². The van der Waals surface area contributed by atoms with Crippen LogP contribution in [0.1, 0.15) is 6.92 Å². The molecule has 0 aromatic heterocycles. The predicted octanol–water partition coefficient (Wildman–Crippen LogP) is 0.168. The maximum absolute atomic E-state index is 10.5. The molecule has 1 unspecified atom stereocenters. The lowest BCUT2D eigenvalue weighted by Gasteiger charge is -2.13. The Kier molecular flexibility index (Phi) is 4.29. The summed E-state index contributed by atoms with van der Waals surface area (Å²) in [5, 5.41) is 8.32. The number of hydrogen-bond acceptors (Lipinski definition) is 3. The van der Waals surface area contributed by atoms with Crippen LogP contribution in [-0.4, -0.2) is 33.3 Å². The standard InChI is InChI=1S/C6H11O6P/c1-4(6(7)8)3-12-5(2)13(9,10)11/h5H,1,3H2,2H3,(H,7,8)(H2,9,10,11). The first-order chi connectivity index (χ1) is 5.75. The van der Waals surface area contributed by atoms with Crippen LogP contribution in [0.5, 0.6) is 0 Å². The normalized spacial score (nSPS) is 13.8. The Morgan fingerprint density at radius 2 is 2.08 bits per heavy atom. The summed E-state index contributed by atoms with van der Waals surface area (Å²) in [5.74, 6) is -2.57. The molecule has 0 amide bonds. The third-order valence-corrected chi connectivity index (χ3v) is 2.37. The van der Waals surface area contributed by atoms with Crippen LogP contribution in [0.4, 0.5) is 0 Å². The van der Waals surface area contributed by atoms with E-state index < -0.39 is 26.0 Å². The van der Waals surface area contributed by atoms with Gasteiger partial charge in [0.05, 0.1) is 12.2 Å². The molecule has 0 fully saturated rings. The van der Waals surface area contributed by atoms with Crippen LogP contribution < -0.4 is 0 Å². The Balaban J connectivity index is 3.98. The lowest BCUT2D eigenvalue weighted by Crippen LogP contribution is -2.14. The Morgan fingerprint density at radius 1 is 1.62 bits per heavy atom. The average molecular weight is 210 g/mol. The van der Waals surface area contributed by atoms with Gasteiger partial charge in [-0.15, -0.1) is 0 Å². The summed E-state index contributed by atoms with van der Waals surface area (Å²) in [6.07, 6.45) is 0. The van der Waals surface area contributed by atoms with Gasteiger partial charge in [0.15, 0.2) is 5.85 Å². The molecule has 0 aliphatic rings. The van der Waals surface area contributed by atoms with Gasteiger partial charge >= 0.3 is 13.6 Å². The van der Waals surface area contributed by atoms with Crippen molar-refractivity contribution in [3.8, 4) is 0 Å². The van der Waals surface area contributed by atoms with Crippen molar-refractivity contribution in [2.24, 2.45) is 0 Å². The molecular weight excluding hydrogens is 199 g/mol. The Labute approximate surface area is 75.0 Å². The zero-order chi connectivity index (χ0) is 10.6. The Morgan fingerprint density at radius 3 is 2.38 bits per heavy atom. The molecule has 0 spiro atoms. The van der Waals surface area contributed by atoms with Gasteiger partial charge in [0.1, 0.15) is 0 Å². The lowest BCUT2D eigenvalue weighted by atomic mass is 10.3. The van der Waals surface area contributed by atoms with E-state index in [4.69, 9.17) is 14.9 Å². The fourth-order valence-corrected chi connectivity index (χ4v) is 0.649. The molecule has 76 valence electrons. The number of ether oxygens (including phenoxy) is 1. The van der Waals surface area contributed by atoms with Crippen molar-refractivity contribution in [2.75, 3.05) is 6.61 Å². The largest absolute Gasteiger partial charge is 0.478 e. The van der Waals surface area contributed by atoms with Gasteiger partial charge in [-0.25, -0.2) is 4.79 Å². The number of carbonyl (C=O) groups is 1. The first kappa shape index (κ1) is 12.3. The quantitative estimate of drug-likeness (QED) is 0.441. The van der Waals surface area contributed by atoms with Crippen molar-refractivity contribution in [1.82, 2.24) is 0 Å². The minimum atomic E-state index is -4.30. The third-order valence-electron chi connectivity index (χ3n) is 1.27. The van der Waals surface area contributed by atoms with Gasteiger partial charge in [0.25, 0.3) is 0 Å². The van der Waals surface area contributed by atoms with E-state index in [0.717, 1.165) is 6.92 Å². The second kappa shape index (κ2) is 4.53. The molecule has 0 rings (SSSR count). The highest BCUT2D eigenvalue weighted by Crippen LogP contribution is 2.41. The minimum absolute atomic E-state index is 0.250. The lowest BCUT2D eigenvalue weighted by molar-refractivity contribution is -0.133. The van der Waals surface area contributed by atoms with Gasteiger partial charge in [0, 0.05) is 0 Å². The molecule has 0 aliphatic heterocycles. The molecule has 0 bridgehead atoms. The van der Waals surface area contributed by atoms with Crippen LogP contribution in [0.2, 0.25) is 0 Å². The van der Waals surface area contributed by atoms with E-state index in [-0.39, 0.29) is 5.57 Å². The Bertz CT molecular complexity index is 254. The molecule has 0 aromatic rings. The summed E-state index contributed by atoms with van der Waals surface area (Å²) in [6, 6.07) is 0. The van der Waals surface area contributed by atoms with E-state index in [2.05, 4.69) is 11.3 Å². The van der Waals surface area contributed by atoms with Gasteiger partial charge in [-0.3, -0.25) is 4.57 Å². The van der Waals surface area contributed by atoms with Crippen molar-refractivity contribution in [3.63, 3.8) is 0 Å². The summed E-state index contributed by atoms with van der Waals surface area (Å²) in [5.41, 5.74) is -0.250. The molecule has 0 aliphatic carbocycles. The monoisotopic (exact) mass is 210 g/mol.